The lowest BCUT2D eigenvalue weighted by Crippen LogP contribution is -2.23. The molecule has 7 heteroatoms. The van der Waals surface area contributed by atoms with Crippen LogP contribution < -0.4 is 5.32 Å². The highest BCUT2D eigenvalue weighted by Gasteiger charge is 2.16. The number of rotatable bonds is 4. The zero-order valence-corrected chi connectivity index (χ0v) is 13.0. The van der Waals surface area contributed by atoms with Crippen molar-refractivity contribution >= 4 is 16.8 Å². The number of nitrogens with one attached hydrogen (secondary N) is 2. The number of hydrogen-bond acceptors (Lipinski definition) is 4. The number of hydrogen-bond donors (Lipinski definition) is 2. The molecule has 25 heavy (non-hydrogen) atoms. The molecule has 0 aliphatic heterocycles. The molecule has 0 atom stereocenters. The highest BCUT2D eigenvalue weighted by molar-refractivity contribution is 5.90. The van der Waals surface area contributed by atoms with Crippen molar-refractivity contribution in [2.75, 3.05) is 0 Å². The summed E-state index contributed by atoms with van der Waals surface area (Å²) in [5.41, 5.74) is 2.47. The Morgan fingerprint density at radius 1 is 1.16 bits per heavy atom. The molecule has 0 fully saturated rings. The van der Waals surface area contributed by atoms with Crippen molar-refractivity contribution in [3.8, 4) is 11.4 Å². The fourth-order valence-corrected chi connectivity index (χ4v) is 2.48. The van der Waals surface area contributed by atoms with Crippen LogP contribution in [-0.2, 0) is 6.54 Å². The quantitative estimate of drug-likeness (QED) is 0.599. The lowest BCUT2D eigenvalue weighted by Gasteiger charge is -2.02. The van der Waals surface area contributed by atoms with Crippen molar-refractivity contribution in [1.82, 2.24) is 20.4 Å². The minimum absolute atomic E-state index is 0.122. The van der Waals surface area contributed by atoms with Crippen molar-refractivity contribution < 1.29 is 13.7 Å². The van der Waals surface area contributed by atoms with E-state index in [1.807, 2.05) is 30.5 Å². The Kier molecular flexibility index (Phi) is 3.74. The molecule has 2 aromatic carbocycles. The number of aromatic amines is 1. The van der Waals surface area contributed by atoms with E-state index in [2.05, 4.69) is 20.4 Å². The first-order valence-corrected chi connectivity index (χ1v) is 7.63. The molecule has 0 aliphatic carbocycles. The van der Waals surface area contributed by atoms with Crippen LogP contribution in [0.1, 0.15) is 16.2 Å². The molecule has 0 aliphatic rings. The second kappa shape index (κ2) is 6.20. The van der Waals surface area contributed by atoms with E-state index in [1.165, 1.54) is 12.1 Å². The van der Waals surface area contributed by atoms with Crippen LogP contribution in [0, 0.1) is 5.82 Å². The molecular weight excluding hydrogens is 323 g/mol. The molecule has 124 valence electrons. The topological polar surface area (TPSA) is 83.8 Å². The summed E-state index contributed by atoms with van der Waals surface area (Å²) in [7, 11) is 0. The molecule has 0 radical (unpaired) electrons. The van der Waals surface area contributed by atoms with Gasteiger partial charge >= 0.3 is 11.8 Å². The van der Waals surface area contributed by atoms with Crippen molar-refractivity contribution in [1.29, 1.82) is 0 Å². The molecule has 6 nitrogen and oxygen atoms in total. The first-order valence-electron chi connectivity index (χ1n) is 7.63. The SMILES string of the molecule is O=C(NCc1ccc(F)cc1)c1nc(-c2ccc3cc[nH]c3c2)no1. The van der Waals surface area contributed by atoms with E-state index in [-0.39, 0.29) is 18.3 Å². The molecule has 4 aromatic rings. The Morgan fingerprint density at radius 3 is 2.84 bits per heavy atom. The Labute approximate surface area is 141 Å². The van der Waals surface area contributed by atoms with Gasteiger partial charge in [-0.2, -0.15) is 4.98 Å². The lowest BCUT2D eigenvalue weighted by molar-refractivity contribution is 0.0907. The maximum absolute atomic E-state index is 12.9. The maximum atomic E-state index is 12.9. The minimum atomic E-state index is -0.482. The van der Waals surface area contributed by atoms with Gasteiger partial charge in [-0.05, 0) is 35.2 Å². The molecule has 0 saturated heterocycles. The van der Waals surface area contributed by atoms with Gasteiger partial charge in [0.25, 0.3) is 0 Å². The van der Waals surface area contributed by atoms with Crippen molar-refractivity contribution in [3.63, 3.8) is 0 Å². The molecule has 2 N–H and O–H groups in total. The number of halogens is 1. The second-order valence-corrected chi connectivity index (χ2v) is 5.51. The van der Waals surface area contributed by atoms with Crippen LogP contribution in [0.4, 0.5) is 4.39 Å². The summed E-state index contributed by atoms with van der Waals surface area (Å²) in [6.45, 7) is 0.241. The number of benzene rings is 2. The highest BCUT2D eigenvalue weighted by Crippen LogP contribution is 2.21. The molecule has 0 saturated carbocycles. The van der Waals surface area contributed by atoms with Gasteiger partial charge in [0, 0.05) is 23.8 Å². The minimum Gasteiger partial charge on any atom is -0.361 e. The van der Waals surface area contributed by atoms with Gasteiger partial charge in [-0.25, -0.2) is 4.39 Å². The van der Waals surface area contributed by atoms with Gasteiger partial charge in [-0.3, -0.25) is 4.79 Å². The van der Waals surface area contributed by atoms with E-state index in [9.17, 15) is 9.18 Å². The predicted molar refractivity (Wildman–Crippen MR) is 89.2 cm³/mol. The number of aromatic nitrogens is 3. The summed E-state index contributed by atoms with van der Waals surface area (Å²) in [6, 6.07) is 13.5. The number of fused-ring (bicyclic) bond motifs is 1. The van der Waals surface area contributed by atoms with Crippen LogP contribution in [0.3, 0.4) is 0 Å². The van der Waals surface area contributed by atoms with Crippen LogP contribution in [-0.4, -0.2) is 21.0 Å². The van der Waals surface area contributed by atoms with E-state index in [0.29, 0.717) is 5.82 Å². The summed E-state index contributed by atoms with van der Waals surface area (Å²) in [6.07, 6.45) is 1.85. The standard InChI is InChI=1S/C18H13FN4O2/c19-14-5-1-11(2-6-14)10-21-17(24)18-22-16(23-25-18)13-4-3-12-7-8-20-15(12)9-13/h1-9,20H,10H2,(H,21,24). The Morgan fingerprint density at radius 2 is 2.00 bits per heavy atom. The fourth-order valence-electron chi connectivity index (χ4n) is 2.48. The summed E-state index contributed by atoms with van der Waals surface area (Å²) >= 11 is 0. The smallest absolute Gasteiger partial charge is 0.316 e. The molecule has 0 bridgehead atoms. The predicted octanol–water partition coefficient (Wildman–Crippen LogP) is 3.29. The zero-order valence-electron chi connectivity index (χ0n) is 13.0. The number of carbonyl (C=O) groups is 1. The molecule has 1 amide bonds. The Balaban J connectivity index is 1.48. The van der Waals surface area contributed by atoms with Gasteiger partial charge in [0.2, 0.25) is 5.82 Å². The van der Waals surface area contributed by atoms with Crippen LogP contribution in [0.15, 0.2) is 59.3 Å². The molecule has 0 spiro atoms. The average Bonchev–Trinajstić information content (AvgIpc) is 3.29. The summed E-state index contributed by atoms with van der Waals surface area (Å²) < 4.78 is 17.9. The molecular formula is C18H13FN4O2. The maximum Gasteiger partial charge on any atom is 0.316 e. The summed E-state index contributed by atoms with van der Waals surface area (Å²) in [4.78, 5) is 19.4. The Bertz CT molecular complexity index is 1040. The fraction of sp³-hybridized carbons (Fsp3) is 0.0556. The molecule has 0 unspecified atom stereocenters. The molecule has 4 rings (SSSR count). The monoisotopic (exact) mass is 336 g/mol. The van der Waals surface area contributed by atoms with E-state index in [1.54, 1.807) is 12.1 Å². The number of amides is 1. The number of nitrogens with zero attached hydrogens (tertiary/aromatic N) is 2. The van der Waals surface area contributed by atoms with E-state index < -0.39 is 5.91 Å². The van der Waals surface area contributed by atoms with Gasteiger partial charge < -0.3 is 14.8 Å². The largest absolute Gasteiger partial charge is 0.361 e. The van der Waals surface area contributed by atoms with Crippen LogP contribution in [0.25, 0.3) is 22.3 Å². The van der Waals surface area contributed by atoms with Gasteiger partial charge in [0.15, 0.2) is 0 Å². The normalized spacial score (nSPS) is 10.9. The molecule has 2 aromatic heterocycles. The van der Waals surface area contributed by atoms with Gasteiger partial charge in [0.1, 0.15) is 5.82 Å². The van der Waals surface area contributed by atoms with Crippen molar-refractivity contribution in [2.24, 2.45) is 0 Å². The first-order chi connectivity index (χ1) is 12.2. The van der Waals surface area contributed by atoms with Gasteiger partial charge in [-0.1, -0.05) is 29.4 Å². The van der Waals surface area contributed by atoms with E-state index >= 15 is 0 Å². The van der Waals surface area contributed by atoms with E-state index in [4.69, 9.17) is 4.52 Å². The van der Waals surface area contributed by atoms with Crippen molar-refractivity contribution in [2.45, 2.75) is 6.54 Å². The van der Waals surface area contributed by atoms with Gasteiger partial charge in [-0.15, -0.1) is 0 Å². The van der Waals surface area contributed by atoms with Crippen molar-refractivity contribution in [3.05, 3.63) is 72.0 Å². The zero-order chi connectivity index (χ0) is 17.2. The number of carbonyl (C=O) groups excluding carboxylic acids is 1. The van der Waals surface area contributed by atoms with Crippen LogP contribution in [0.2, 0.25) is 0 Å². The summed E-state index contributed by atoms with van der Waals surface area (Å²) in [5, 5.41) is 7.59. The lowest BCUT2D eigenvalue weighted by atomic mass is 10.1. The highest BCUT2D eigenvalue weighted by atomic mass is 19.1. The first kappa shape index (κ1) is 15.1. The average molecular weight is 336 g/mol. The van der Waals surface area contributed by atoms with Gasteiger partial charge in [0.05, 0.1) is 0 Å². The van der Waals surface area contributed by atoms with Crippen LogP contribution in [0.5, 0.6) is 0 Å². The summed E-state index contributed by atoms with van der Waals surface area (Å²) in [5.74, 6) is -0.591. The third kappa shape index (κ3) is 3.12. The molecule has 2 heterocycles. The second-order valence-electron chi connectivity index (χ2n) is 5.51. The third-order valence-corrected chi connectivity index (χ3v) is 3.80. The van der Waals surface area contributed by atoms with E-state index in [0.717, 1.165) is 22.0 Å². The van der Waals surface area contributed by atoms with Crippen LogP contribution >= 0.6 is 0 Å². The number of H-pyrrole nitrogens is 1. The Hall–Kier alpha value is -3.48. The third-order valence-electron chi connectivity index (χ3n) is 3.80.